The van der Waals surface area contributed by atoms with E-state index < -0.39 is 6.04 Å². The van der Waals surface area contributed by atoms with Crippen molar-refractivity contribution in [3.8, 4) is 0 Å². The molecule has 158 valence electrons. The van der Waals surface area contributed by atoms with Gasteiger partial charge in [-0.3, -0.25) is 9.59 Å². The van der Waals surface area contributed by atoms with Gasteiger partial charge >= 0.3 is 0 Å². The van der Waals surface area contributed by atoms with Crippen LogP contribution in [0.15, 0.2) is 48.5 Å². The number of aromatic amines is 1. The minimum Gasteiger partial charge on any atom is -0.356 e. The third kappa shape index (κ3) is 2.98. The number of para-hydroxylation sites is 1. The average molecular weight is 414 g/mol. The molecule has 31 heavy (non-hydrogen) atoms. The molecular weight excluding hydrogens is 386 g/mol. The SMILES string of the molecule is CCc1ccc([C@H]2c3[nH]c4ccccc4c3C[C@@H]3C(=O)N(CC4CC4)CC(=O)N23)cc1. The minimum absolute atomic E-state index is 0.0547. The standard InChI is InChI=1S/C26H27N3O2/c1-2-16-9-11-18(12-10-16)25-24-20(19-5-3-4-6-21(19)27-24)13-22-26(31)28(14-17-7-8-17)15-23(30)29(22)25/h3-6,9-12,17,22,25,27H,2,7-8,13-15H2,1H3/t22-,25+/m1/s1. The molecule has 2 atom stereocenters. The second kappa shape index (κ2) is 6.98. The van der Waals surface area contributed by atoms with E-state index in [1.165, 1.54) is 24.0 Å². The molecule has 1 aliphatic carbocycles. The number of fused-ring (bicyclic) bond motifs is 4. The first kappa shape index (κ1) is 18.7. The highest BCUT2D eigenvalue weighted by molar-refractivity contribution is 5.97. The zero-order valence-electron chi connectivity index (χ0n) is 17.8. The van der Waals surface area contributed by atoms with E-state index in [4.69, 9.17) is 0 Å². The molecule has 0 radical (unpaired) electrons. The average Bonchev–Trinajstić information content (AvgIpc) is 3.54. The maximum absolute atomic E-state index is 13.5. The van der Waals surface area contributed by atoms with Crippen molar-refractivity contribution in [2.24, 2.45) is 5.92 Å². The topological polar surface area (TPSA) is 56.4 Å². The number of aromatic nitrogens is 1. The van der Waals surface area contributed by atoms with Gasteiger partial charge in [-0.15, -0.1) is 0 Å². The van der Waals surface area contributed by atoms with Crippen LogP contribution in [0.4, 0.5) is 0 Å². The number of hydrogen-bond acceptors (Lipinski definition) is 2. The molecule has 2 aliphatic heterocycles. The van der Waals surface area contributed by atoms with Crippen LogP contribution in [0.2, 0.25) is 0 Å². The Morgan fingerprint density at radius 1 is 1.03 bits per heavy atom. The number of hydrogen-bond donors (Lipinski definition) is 1. The Morgan fingerprint density at radius 3 is 2.55 bits per heavy atom. The van der Waals surface area contributed by atoms with Crippen molar-refractivity contribution in [2.45, 2.75) is 44.7 Å². The predicted molar refractivity (Wildman–Crippen MR) is 120 cm³/mol. The molecule has 5 nitrogen and oxygen atoms in total. The summed E-state index contributed by atoms with van der Waals surface area (Å²) >= 11 is 0. The summed E-state index contributed by atoms with van der Waals surface area (Å²) in [6.45, 7) is 3.07. The number of carbonyl (C=O) groups excluding carboxylic acids is 2. The van der Waals surface area contributed by atoms with Gasteiger partial charge in [0.2, 0.25) is 11.8 Å². The lowest BCUT2D eigenvalue weighted by molar-refractivity contribution is -0.158. The van der Waals surface area contributed by atoms with Crippen LogP contribution in [0, 0.1) is 5.92 Å². The van der Waals surface area contributed by atoms with Crippen LogP contribution in [-0.2, 0) is 22.4 Å². The fraction of sp³-hybridized carbons (Fsp3) is 0.385. The quantitative estimate of drug-likeness (QED) is 0.707. The van der Waals surface area contributed by atoms with Gasteiger partial charge in [-0.05, 0) is 47.9 Å². The van der Waals surface area contributed by atoms with Crippen LogP contribution in [0.25, 0.3) is 10.9 Å². The zero-order valence-corrected chi connectivity index (χ0v) is 17.8. The molecule has 3 aliphatic rings. The monoisotopic (exact) mass is 413 g/mol. The lowest BCUT2D eigenvalue weighted by Crippen LogP contribution is -2.63. The summed E-state index contributed by atoms with van der Waals surface area (Å²) in [7, 11) is 0. The van der Waals surface area contributed by atoms with Crippen molar-refractivity contribution in [1.29, 1.82) is 0 Å². The number of rotatable bonds is 4. The molecule has 5 heteroatoms. The van der Waals surface area contributed by atoms with Gasteiger partial charge in [-0.1, -0.05) is 49.4 Å². The van der Waals surface area contributed by atoms with Crippen molar-refractivity contribution in [1.82, 2.24) is 14.8 Å². The number of aryl methyl sites for hydroxylation is 1. The van der Waals surface area contributed by atoms with Crippen molar-refractivity contribution in [3.05, 3.63) is 70.9 Å². The first-order chi connectivity index (χ1) is 15.1. The molecule has 1 saturated carbocycles. The first-order valence-corrected chi connectivity index (χ1v) is 11.4. The molecule has 2 aromatic carbocycles. The van der Waals surface area contributed by atoms with Crippen molar-refractivity contribution >= 4 is 22.7 Å². The summed E-state index contributed by atoms with van der Waals surface area (Å²) in [6.07, 6.45) is 3.90. The minimum atomic E-state index is -0.428. The largest absolute Gasteiger partial charge is 0.356 e. The van der Waals surface area contributed by atoms with Gasteiger partial charge in [-0.2, -0.15) is 0 Å². The van der Waals surface area contributed by atoms with Crippen LogP contribution < -0.4 is 0 Å². The zero-order chi connectivity index (χ0) is 21.1. The highest BCUT2D eigenvalue weighted by Crippen LogP contribution is 2.43. The van der Waals surface area contributed by atoms with E-state index in [1.54, 1.807) is 0 Å². The Balaban J connectivity index is 1.49. The molecule has 0 spiro atoms. The number of piperazine rings is 1. The Bertz CT molecular complexity index is 1180. The fourth-order valence-corrected chi connectivity index (χ4v) is 5.37. The second-order valence-electron chi connectivity index (χ2n) is 9.24. The van der Waals surface area contributed by atoms with Gasteiger partial charge in [0.05, 0.1) is 12.6 Å². The molecule has 3 aromatic rings. The number of carbonyl (C=O) groups is 2. The molecule has 2 amide bonds. The normalized spacial score (nSPS) is 23.3. The van der Waals surface area contributed by atoms with E-state index >= 15 is 0 Å². The summed E-state index contributed by atoms with van der Waals surface area (Å²) < 4.78 is 0. The van der Waals surface area contributed by atoms with Gasteiger partial charge in [-0.25, -0.2) is 0 Å². The highest BCUT2D eigenvalue weighted by atomic mass is 16.2. The Hall–Kier alpha value is -3.08. The third-order valence-corrected chi connectivity index (χ3v) is 7.22. The van der Waals surface area contributed by atoms with Gasteiger partial charge < -0.3 is 14.8 Å². The molecule has 3 heterocycles. The lowest BCUT2D eigenvalue weighted by atomic mass is 9.86. The van der Waals surface area contributed by atoms with Crippen LogP contribution in [0.1, 0.15) is 48.2 Å². The number of benzene rings is 2. The molecule has 1 saturated heterocycles. The van der Waals surface area contributed by atoms with Crippen molar-refractivity contribution in [2.75, 3.05) is 13.1 Å². The summed E-state index contributed by atoms with van der Waals surface area (Å²) in [6, 6.07) is 16.1. The Morgan fingerprint density at radius 2 is 1.81 bits per heavy atom. The van der Waals surface area contributed by atoms with E-state index in [2.05, 4.69) is 48.3 Å². The maximum atomic E-state index is 13.5. The molecule has 6 rings (SSSR count). The highest BCUT2D eigenvalue weighted by Gasteiger charge is 2.48. The van der Waals surface area contributed by atoms with Crippen LogP contribution >= 0.6 is 0 Å². The van der Waals surface area contributed by atoms with Gasteiger partial charge in [0, 0.05) is 29.6 Å². The third-order valence-electron chi connectivity index (χ3n) is 7.22. The Kier molecular flexibility index (Phi) is 4.20. The van der Waals surface area contributed by atoms with Gasteiger partial charge in [0.25, 0.3) is 0 Å². The number of H-pyrrole nitrogens is 1. The smallest absolute Gasteiger partial charge is 0.246 e. The molecule has 0 unspecified atom stereocenters. The Labute approximate surface area is 182 Å². The molecule has 0 bridgehead atoms. The van der Waals surface area contributed by atoms with E-state index in [0.717, 1.165) is 35.1 Å². The van der Waals surface area contributed by atoms with E-state index in [0.29, 0.717) is 12.3 Å². The van der Waals surface area contributed by atoms with E-state index in [9.17, 15) is 9.59 Å². The summed E-state index contributed by atoms with van der Waals surface area (Å²) in [5.41, 5.74) is 5.63. The molecule has 1 N–H and O–H groups in total. The second-order valence-corrected chi connectivity index (χ2v) is 9.24. The van der Waals surface area contributed by atoms with E-state index in [-0.39, 0.29) is 24.4 Å². The fourth-order valence-electron chi connectivity index (χ4n) is 5.37. The first-order valence-electron chi connectivity index (χ1n) is 11.4. The summed E-state index contributed by atoms with van der Waals surface area (Å²) in [5, 5.41) is 1.16. The molecular formula is C26H27N3O2. The number of amides is 2. The summed E-state index contributed by atoms with van der Waals surface area (Å²) in [4.78, 5) is 34.3. The number of nitrogens with zero attached hydrogens (tertiary/aromatic N) is 2. The molecule has 1 aromatic heterocycles. The van der Waals surface area contributed by atoms with Crippen LogP contribution in [-0.4, -0.2) is 45.7 Å². The van der Waals surface area contributed by atoms with Crippen molar-refractivity contribution < 1.29 is 9.59 Å². The predicted octanol–water partition coefficient (Wildman–Crippen LogP) is 3.83. The maximum Gasteiger partial charge on any atom is 0.246 e. The van der Waals surface area contributed by atoms with Crippen LogP contribution in [0.3, 0.4) is 0 Å². The van der Waals surface area contributed by atoms with E-state index in [1.807, 2.05) is 21.9 Å². The van der Waals surface area contributed by atoms with Gasteiger partial charge in [0.15, 0.2) is 0 Å². The summed E-state index contributed by atoms with van der Waals surface area (Å²) in [5.74, 6) is 0.740. The number of nitrogens with one attached hydrogen (secondary N) is 1. The van der Waals surface area contributed by atoms with Crippen molar-refractivity contribution in [3.63, 3.8) is 0 Å². The lowest BCUT2D eigenvalue weighted by Gasteiger charge is -2.47. The van der Waals surface area contributed by atoms with Crippen LogP contribution in [0.5, 0.6) is 0 Å². The molecule has 2 fully saturated rings. The van der Waals surface area contributed by atoms with Gasteiger partial charge in [0.1, 0.15) is 6.04 Å².